The average Bonchev–Trinajstić information content (AvgIpc) is 3.10. The fraction of sp³-hybridized carbons (Fsp3) is 0.533. The number of carboxylic acids is 4. The van der Waals surface area contributed by atoms with E-state index in [4.69, 9.17) is 15.3 Å². The van der Waals surface area contributed by atoms with Crippen molar-refractivity contribution in [3.8, 4) is 0 Å². The van der Waals surface area contributed by atoms with E-state index < -0.39 is 117 Å². The van der Waals surface area contributed by atoms with Crippen LogP contribution in [0.25, 0.3) is 0 Å². The summed E-state index contributed by atoms with van der Waals surface area (Å²) in [6, 6.07) is 0. The first-order valence-electron chi connectivity index (χ1n) is 16.2. The lowest BCUT2D eigenvalue weighted by Crippen LogP contribution is -2.59. The number of hydrogen-bond donors (Lipinski definition) is 13. The van der Waals surface area contributed by atoms with Gasteiger partial charge in [-0.3, -0.25) is 33.7 Å². The van der Waals surface area contributed by atoms with Gasteiger partial charge in [-0.1, -0.05) is 0 Å². The average molecular weight is 1140 g/mol. The molecule has 1 aromatic rings. The minimum atomic E-state index is -1.38. The number of carbonyl (C=O) groups is 8. The highest BCUT2D eigenvalue weighted by molar-refractivity contribution is 14.1. The zero-order chi connectivity index (χ0) is 42.7. The molecule has 0 heterocycles. The molecule has 0 bridgehead atoms. The molecule has 2 unspecified atom stereocenters. The Balaban J connectivity index is 3.28. The van der Waals surface area contributed by atoms with E-state index in [0.717, 1.165) is 4.90 Å². The predicted molar refractivity (Wildman–Crippen MR) is 217 cm³/mol. The van der Waals surface area contributed by atoms with Gasteiger partial charge in [0.1, 0.15) is 0 Å². The molecule has 13 N–H and O–H groups in total. The lowest BCUT2D eigenvalue weighted by Gasteiger charge is -2.37. The van der Waals surface area contributed by atoms with E-state index in [0.29, 0.717) is 0 Å². The molecule has 0 fully saturated rings. The van der Waals surface area contributed by atoms with Crippen LogP contribution >= 0.6 is 67.8 Å². The highest BCUT2D eigenvalue weighted by Gasteiger charge is 2.34. The highest BCUT2D eigenvalue weighted by atomic mass is 127. The summed E-state index contributed by atoms with van der Waals surface area (Å²) in [7, 11) is 0. The predicted octanol–water partition coefficient (Wildman–Crippen LogP) is -4.23. The standard InChI is InChI=1S/C30H42I3N7O16/c31-25-23(29(55)36-5-15(43)13-41)26(32)28(27(33)24(25)30(56)37-6-16(44)14-42)38-17(45)7-35-18(46)9-39(10-20(49)50)2-4-40(11-21(51)52,12-22(53)54)3-1-34-8-19(47)48/h15-16,34,41-44H,1-14H2,(H7-,35,36,37,38,45,46,47,48,49,50,51,52,53,54,55,56)/p+1. The number of aliphatic hydroxyl groups is 4. The molecule has 0 saturated carbocycles. The van der Waals surface area contributed by atoms with E-state index in [-0.39, 0.29) is 66.8 Å². The maximum atomic E-state index is 13.2. The van der Waals surface area contributed by atoms with Crippen molar-refractivity contribution in [2.75, 3.05) is 97.1 Å². The van der Waals surface area contributed by atoms with Crippen LogP contribution in [0.5, 0.6) is 0 Å². The number of hydrogen-bond acceptors (Lipinski definition) is 14. The summed E-state index contributed by atoms with van der Waals surface area (Å²) in [4.78, 5) is 99.5. The van der Waals surface area contributed by atoms with Gasteiger partial charge in [-0.05, 0) is 67.8 Å². The lowest BCUT2D eigenvalue weighted by molar-refractivity contribution is -0.912. The van der Waals surface area contributed by atoms with Crippen LogP contribution in [0.1, 0.15) is 20.7 Å². The van der Waals surface area contributed by atoms with Gasteiger partial charge in [-0.15, -0.1) is 0 Å². The molecule has 314 valence electrons. The first-order chi connectivity index (χ1) is 26.2. The molecule has 1 aromatic carbocycles. The molecule has 2 atom stereocenters. The van der Waals surface area contributed by atoms with Crippen molar-refractivity contribution in [1.29, 1.82) is 0 Å². The van der Waals surface area contributed by atoms with E-state index in [1.165, 1.54) is 0 Å². The number of nitrogens with one attached hydrogen (secondary N) is 5. The van der Waals surface area contributed by atoms with Crippen molar-refractivity contribution in [2.45, 2.75) is 12.2 Å². The summed E-state index contributed by atoms with van der Waals surface area (Å²) in [6.07, 6.45) is -2.61. The summed E-state index contributed by atoms with van der Waals surface area (Å²) >= 11 is 5.21. The van der Waals surface area contributed by atoms with Gasteiger partial charge >= 0.3 is 23.9 Å². The Morgan fingerprint density at radius 1 is 0.625 bits per heavy atom. The maximum Gasteiger partial charge on any atom is 0.359 e. The van der Waals surface area contributed by atoms with Crippen LogP contribution in [0.4, 0.5) is 5.69 Å². The van der Waals surface area contributed by atoms with E-state index in [2.05, 4.69) is 26.6 Å². The van der Waals surface area contributed by atoms with Crippen LogP contribution in [-0.4, -0.2) is 202 Å². The van der Waals surface area contributed by atoms with Crippen LogP contribution < -0.4 is 26.6 Å². The number of quaternary nitrogens is 1. The normalized spacial score (nSPS) is 12.4. The van der Waals surface area contributed by atoms with Crippen molar-refractivity contribution in [1.82, 2.24) is 26.2 Å². The van der Waals surface area contributed by atoms with Crippen molar-refractivity contribution >= 4 is 121 Å². The molecule has 0 aliphatic heterocycles. The molecule has 23 nitrogen and oxygen atoms in total. The van der Waals surface area contributed by atoms with E-state index >= 15 is 0 Å². The van der Waals surface area contributed by atoms with Crippen LogP contribution in [0.15, 0.2) is 0 Å². The Kier molecular flexibility index (Phi) is 23.0. The monoisotopic (exact) mass is 1140 g/mol. The third-order valence-corrected chi connectivity index (χ3v) is 10.7. The molecule has 56 heavy (non-hydrogen) atoms. The van der Waals surface area contributed by atoms with E-state index in [1.807, 2.05) is 0 Å². The third kappa shape index (κ3) is 18.0. The second kappa shape index (κ2) is 25.3. The number of carbonyl (C=O) groups excluding carboxylic acids is 4. The van der Waals surface area contributed by atoms with Gasteiger partial charge in [0, 0.05) is 29.7 Å². The van der Waals surface area contributed by atoms with Crippen molar-refractivity contribution in [3.63, 3.8) is 0 Å². The zero-order valence-corrected chi connectivity index (χ0v) is 35.9. The summed E-state index contributed by atoms with van der Waals surface area (Å²) in [5.74, 6) is -8.65. The molecular formula is C30H43I3N7O16+. The fourth-order valence-corrected chi connectivity index (χ4v) is 9.26. The van der Waals surface area contributed by atoms with Gasteiger partial charge in [-0.2, -0.15) is 0 Å². The Labute approximate surface area is 359 Å². The minimum Gasteiger partial charge on any atom is -0.480 e. The second-order valence-electron chi connectivity index (χ2n) is 12.1. The summed E-state index contributed by atoms with van der Waals surface area (Å²) < 4.78 is -0.253. The number of halogens is 3. The number of carboxylic acid groups (broad SMARTS) is 4. The number of aliphatic hydroxyl groups excluding tert-OH is 4. The van der Waals surface area contributed by atoms with Gasteiger partial charge < -0.3 is 71.9 Å². The van der Waals surface area contributed by atoms with Gasteiger partial charge in [0.15, 0.2) is 13.1 Å². The van der Waals surface area contributed by atoms with Crippen molar-refractivity contribution < 1.29 is 83.7 Å². The van der Waals surface area contributed by atoms with Crippen LogP contribution in [0.2, 0.25) is 0 Å². The molecule has 0 aliphatic carbocycles. The largest absolute Gasteiger partial charge is 0.480 e. The quantitative estimate of drug-likeness (QED) is 0.0226. The topological polar surface area (TPSA) is 362 Å². The molecule has 26 heteroatoms. The van der Waals surface area contributed by atoms with Crippen molar-refractivity contribution in [2.24, 2.45) is 0 Å². The third-order valence-electron chi connectivity index (χ3n) is 7.50. The number of amides is 4. The number of benzene rings is 1. The highest BCUT2D eigenvalue weighted by Crippen LogP contribution is 2.35. The number of anilines is 1. The first kappa shape index (κ1) is 50.9. The van der Waals surface area contributed by atoms with Gasteiger partial charge in [0.25, 0.3) is 11.8 Å². The Bertz CT molecular complexity index is 1550. The number of nitrogens with zero attached hydrogens (tertiary/aromatic N) is 2. The molecule has 0 saturated heterocycles. The molecule has 0 aliphatic rings. The first-order valence-corrected chi connectivity index (χ1v) is 19.5. The Morgan fingerprint density at radius 2 is 1.12 bits per heavy atom. The van der Waals surface area contributed by atoms with Crippen LogP contribution in [0, 0.1) is 10.7 Å². The maximum absolute atomic E-state index is 13.2. The fourth-order valence-electron chi connectivity index (χ4n) is 4.85. The molecule has 4 amide bonds. The molecule has 1 rings (SSSR count). The van der Waals surface area contributed by atoms with Gasteiger partial charge in [0.2, 0.25) is 11.8 Å². The minimum absolute atomic E-state index is 0.0390. The van der Waals surface area contributed by atoms with E-state index in [9.17, 15) is 63.9 Å². The Hall–Kier alpha value is -3.11. The van der Waals surface area contributed by atoms with Gasteiger partial charge in [0.05, 0.1) is 88.6 Å². The zero-order valence-electron chi connectivity index (χ0n) is 29.4. The summed E-state index contributed by atoms with van der Waals surface area (Å²) in [5, 5.41) is 87.3. The van der Waals surface area contributed by atoms with E-state index in [1.54, 1.807) is 67.8 Å². The molecule has 0 radical (unpaired) electrons. The van der Waals surface area contributed by atoms with Gasteiger partial charge in [-0.25, -0.2) is 9.59 Å². The summed E-state index contributed by atoms with van der Waals surface area (Å²) in [6.45, 7) is -6.90. The van der Waals surface area contributed by atoms with Crippen molar-refractivity contribution in [3.05, 3.63) is 21.8 Å². The SMILES string of the molecule is O=C(O)CNCC[N+](CCN(CC(=O)O)CC(=O)NCC(=O)Nc1c(I)c(C(=O)NCC(O)CO)c(I)c(C(=O)NCC(O)CO)c1I)(CC(=O)O)CC(=O)O. The molecule has 0 aromatic heterocycles. The summed E-state index contributed by atoms with van der Waals surface area (Å²) in [5.41, 5.74) is -0.250. The van der Waals surface area contributed by atoms with Crippen LogP contribution in [-0.2, 0) is 28.8 Å². The number of aliphatic carboxylic acids is 4. The Morgan fingerprint density at radius 3 is 1.55 bits per heavy atom. The smallest absolute Gasteiger partial charge is 0.359 e. The molecule has 0 spiro atoms. The van der Waals surface area contributed by atoms with Crippen LogP contribution in [0.3, 0.4) is 0 Å². The number of rotatable bonds is 27. The lowest BCUT2D eigenvalue weighted by atomic mass is 10.1. The molecular weight excluding hydrogens is 1100 g/mol. The second-order valence-corrected chi connectivity index (χ2v) is 15.3.